The van der Waals surface area contributed by atoms with Crippen LogP contribution in [0.3, 0.4) is 0 Å². The molecule has 0 spiro atoms. The molecular formula is C16H25N7O7S. The van der Waals surface area contributed by atoms with Crippen LogP contribution in [-0.2, 0) is 30.4 Å². The molecule has 1 aromatic heterocycles. The summed E-state index contributed by atoms with van der Waals surface area (Å²) >= 11 is 3.80. The molecule has 14 nitrogen and oxygen atoms in total. The highest BCUT2D eigenvalue weighted by Gasteiger charge is 2.30. The Hall–Kier alpha value is -3.17. The number of carboxylic acids is 1. The number of aromatic nitrogens is 2. The number of aliphatic hydroxyl groups is 1. The Morgan fingerprint density at radius 2 is 1.65 bits per heavy atom. The van der Waals surface area contributed by atoms with Gasteiger partial charge in [0, 0.05) is 24.1 Å². The van der Waals surface area contributed by atoms with Crippen LogP contribution in [0.15, 0.2) is 12.5 Å². The number of aromatic amines is 1. The molecule has 0 aliphatic carbocycles. The lowest BCUT2D eigenvalue weighted by molar-refractivity contribution is -0.141. The Balaban J connectivity index is 2.79. The fraction of sp³-hybridized carbons (Fsp3) is 0.500. The lowest BCUT2D eigenvalue weighted by Gasteiger charge is -2.23. The van der Waals surface area contributed by atoms with Crippen molar-refractivity contribution >= 4 is 42.2 Å². The van der Waals surface area contributed by atoms with Gasteiger partial charge < -0.3 is 42.6 Å². The van der Waals surface area contributed by atoms with Gasteiger partial charge in [-0.05, 0) is 0 Å². The van der Waals surface area contributed by atoms with Gasteiger partial charge in [-0.15, -0.1) is 0 Å². The highest BCUT2D eigenvalue weighted by atomic mass is 32.1. The summed E-state index contributed by atoms with van der Waals surface area (Å²) in [5.41, 5.74) is 11.4. The fourth-order valence-electron chi connectivity index (χ4n) is 2.34. The Bertz CT molecular complexity index is 789. The van der Waals surface area contributed by atoms with Crippen LogP contribution in [0.4, 0.5) is 0 Å². The monoisotopic (exact) mass is 459 g/mol. The summed E-state index contributed by atoms with van der Waals surface area (Å²) in [6.45, 7) is -0.840. The molecule has 172 valence electrons. The lowest BCUT2D eigenvalue weighted by Crippen LogP contribution is -2.59. The SMILES string of the molecule is NC(=O)CC(NC(=O)C(CO)NC(=O)C(N)Cc1cnc[nH]1)C(=O)NC(CS)C(=O)O. The number of primary amides is 1. The molecule has 0 saturated carbocycles. The molecule has 10 N–H and O–H groups in total. The number of H-pyrrole nitrogens is 1. The first-order valence-corrected chi connectivity index (χ1v) is 9.59. The second-order valence-electron chi connectivity index (χ2n) is 6.44. The summed E-state index contributed by atoms with van der Waals surface area (Å²) in [4.78, 5) is 65.8. The topological polar surface area (TPSA) is 243 Å². The van der Waals surface area contributed by atoms with Crippen molar-refractivity contribution in [3.63, 3.8) is 0 Å². The number of carboxylic acid groups (broad SMARTS) is 1. The van der Waals surface area contributed by atoms with Crippen LogP contribution in [0.2, 0.25) is 0 Å². The summed E-state index contributed by atoms with van der Waals surface area (Å²) in [7, 11) is 0. The zero-order valence-corrected chi connectivity index (χ0v) is 17.2. The molecule has 31 heavy (non-hydrogen) atoms. The average molecular weight is 459 g/mol. The van der Waals surface area contributed by atoms with Crippen molar-refractivity contribution < 1.29 is 34.2 Å². The fourth-order valence-corrected chi connectivity index (χ4v) is 2.59. The molecule has 0 fully saturated rings. The van der Waals surface area contributed by atoms with Gasteiger partial charge in [0.25, 0.3) is 0 Å². The van der Waals surface area contributed by atoms with Crippen LogP contribution in [0.1, 0.15) is 12.1 Å². The number of carbonyl (C=O) groups is 5. The Labute approximate surface area is 181 Å². The molecule has 15 heteroatoms. The minimum absolute atomic E-state index is 0.0820. The van der Waals surface area contributed by atoms with Crippen LogP contribution in [0, 0.1) is 0 Å². The third kappa shape index (κ3) is 8.61. The van der Waals surface area contributed by atoms with Gasteiger partial charge in [0.2, 0.25) is 23.6 Å². The standard InChI is InChI=1S/C16H25N7O7S/c17-8(1-7-3-19-6-20-7)13(26)22-10(4-24)15(28)21-9(2-12(18)25)14(27)23-11(5-31)16(29)30/h3,6,8-11,24,31H,1-2,4-5,17H2,(H2,18,25)(H,19,20)(H,21,28)(H,22,26)(H,23,27)(H,29,30). The molecule has 0 aliphatic heterocycles. The van der Waals surface area contributed by atoms with Gasteiger partial charge in [0.1, 0.15) is 18.1 Å². The molecular weight excluding hydrogens is 434 g/mol. The smallest absolute Gasteiger partial charge is 0.327 e. The van der Waals surface area contributed by atoms with E-state index < -0.39 is 66.8 Å². The molecule has 4 amide bonds. The van der Waals surface area contributed by atoms with E-state index in [1.54, 1.807) is 0 Å². The number of imidazole rings is 1. The number of rotatable bonds is 13. The number of nitrogens with one attached hydrogen (secondary N) is 4. The first-order valence-electron chi connectivity index (χ1n) is 8.95. The highest BCUT2D eigenvalue weighted by Crippen LogP contribution is 2.00. The van der Waals surface area contributed by atoms with E-state index in [4.69, 9.17) is 16.6 Å². The molecule has 1 rings (SSSR count). The predicted octanol–water partition coefficient (Wildman–Crippen LogP) is -4.38. The predicted molar refractivity (Wildman–Crippen MR) is 108 cm³/mol. The van der Waals surface area contributed by atoms with Gasteiger partial charge in [0.15, 0.2) is 0 Å². The number of aliphatic hydroxyl groups excluding tert-OH is 1. The van der Waals surface area contributed by atoms with E-state index in [0.29, 0.717) is 5.69 Å². The molecule has 1 heterocycles. The van der Waals surface area contributed by atoms with Crippen LogP contribution < -0.4 is 27.4 Å². The Morgan fingerprint density at radius 1 is 1.06 bits per heavy atom. The van der Waals surface area contributed by atoms with Gasteiger partial charge >= 0.3 is 5.97 Å². The second-order valence-corrected chi connectivity index (χ2v) is 6.81. The molecule has 0 aromatic carbocycles. The largest absolute Gasteiger partial charge is 0.480 e. The molecule has 4 atom stereocenters. The Kier molecular flexibility index (Phi) is 10.4. The van der Waals surface area contributed by atoms with Gasteiger partial charge in [-0.2, -0.15) is 12.6 Å². The molecule has 1 aromatic rings. The van der Waals surface area contributed by atoms with Crippen molar-refractivity contribution in [2.24, 2.45) is 11.5 Å². The molecule has 0 saturated heterocycles. The number of hydrogen-bond acceptors (Lipinski definition) is 9. The zero-order valence-electron chi connectivity index (χ0n) is 16.3. The van der Waals surface area contributed by atoms with Crippen molar-refractivity contribution in [3.05, 3.63) is 18.2 Å². The number of nitrogens with zero attached hydrogens (tertiary/aromatic N) is 1. The van der Waals surface area contributed by atoms with Crippen molar-refractivity contribution in [3.8, 4) is 0 Å². The van der Waals surface area contributed by atoms with Crippen LogP contribution in [0.25, 0.3) is 0 Å². The van der Waals surface area contributed by atoms with E-state index in [9.17, 15) is 29.1 Å². The molecule has 4 unspecified atom stereocenters. The minimum atomic E-state index is -1.55. The first kappa shape index (κ1) is 25.9. The minimum Gasteiger partial charge on any atom is -0.480 e. The zero-order chi connectivity index (χ0) is 23.6. The number of thiol groups is 1. The molecule has 0 aliphatic rings. The van der Waals surface area contributed by atoms with Crippen LogP contribution in [-0.4, -0.2) is 86.3 Å². The first-order chi connectivity index (χ1) is 14.6. The van der Waals surface area contributed by atoms with Gasteiger partial charge in [0.05, 0.1) is 25.4 Å². The van der Waals surface area contributed by atoms with E-state index in [1.165, 1.54) is 12.5 Å². The van der Waals surface area contributed by atoms with E-state index >= 15 is 0 Å². The molecule has 0 radical (unpaired) electrons. The van der Waals surface area contributed by atoms with Crippen LogP contribution >= 0.6 is 12.6 Å². The number of amides is 4. The van der Waals surface area contributed by atoms with Crippen molar-refractivity contribution in [1.29, 1.82) is 0 Å². The quantitative estimate of drug-likeness (QED) is 0.129. The maximum absolute atomic E-state index is 12.4. The lowest BCUT2D eigenvalue weighted by atomic mass is 10.1. The number of carbonyl (C=O) groups excluding carboxylic acids is 4. The van der Waals surface area contributed by atoms with Crippen molar-refractivity contribution in [2.75, 3.05) is 12.4 Å². The summed E-state index contributed by atoms with van der Waals surface area (Å²) in [5, 5.41) is 24.9. The maximum Gasteiger partial charge on any atom is 0.327 e. The number of nitrogens with two attached hydrogens (primary N) is 2. The summed E-state index contributed by atoms with van der Waals surface area (Å²) in [6, 6.07) is -5.49. The van der Waals surface area contributed by atoms with E-state index in [2.05, 4.69) is 38.5 Å². The third-order valence-corrected chi connectivity index (χ3v) is 4.35. The number of aliphatic carboxylic acids is 1. The van der Waals surface area contributed by atoms with Crippen molar-refractivity contribution in [2.45, 2.75) is 37.0 Å². The maximum atomic E-state index is 12.4. The van der Waals surface area contributed by atoms with E-state index in [0.717, 1.165) is 0 Å². The van der Waals surface area contributed by atoms with E-state index in [1.807, 2.05) is 0 Å². The molecule has 0 bridgehead atoms. The van der Waals surface area contributed by atoms with E-state index in [-0.39, 0.29) is 12.2 Å². The summed E-state index contributed by atoms with van der Waals surface area (Å²) in [6.07, 6.45) is 2.29. The van der Waals surface area contributed by atoms with Crippen molar-refractivity contribution in [1.82, 2.24) is 25.9 Å². The summed E-state index contributed by atoms with van der Waals surface area (Å²) < 4.78 is 0. The average Bonchev–Trinajstić information content (AvgIpc) is 3.21. The van der Waals surface area contributed by atoms with Gasteiger partial charge in [-0.3, -0.25) is 19.2 Å². The normalized spacial score (nSPS) is 14.5. The Morgan fingerprint density at radius 3 is 2.13 bits per heavy atom. The van der Waals surface area contributed by atoms with Gasteiger partial charge in [-0.1, -0.05) is 0 Å². The summed E-state index contributed by atoms with van der Waals surface area (Å²) in [5.74, 6) is -5.36. The second kappa shape index (κ2) is 12.5. The van der Waals surface area contributed by atoms with Gasteiger partial charge in [-0.25, -0.2) is 9.78 Å². The third-order valence-electron chi connectivity index (χ3n) is 3.98. The van der Waals surface area contributed by atoms with Crippen LogP contribution in [0.5, 0.6) is 0 Å². The highest BCUT2D eigenvalue weighted by molar-refractivity contribution is 7.80. The number of hydrogen-bond donors (Lipinski definition) is 9.